The highest BCUT2D eigenvalue weighted by molar-refractivity contribution is 5.68. The molecule has 0 fully saturated rings. The molecule has 0 saturated heterocycles. The maximum atomic E-state index is 11.0. The highest BCUT2D eigenvalue weighted by Crippen LogP contribution is 2.26. The molecule has 7 nitrogen and oxygen atoms in total. The minimum Gasteiger partial charge on any atom is -0.385 e. The van der Waals surface area contributed by atoms with Gasteiger partial charge in [-0.1, -0.05) is 6.92 Å². The van der Waals surface area contributed by atoms with Crippen molar-refractivity contribution in [3.63, 3.8) is 0 Å². The number of anilines is 3. The summed E-state index contributed by atoms with van der Waals surface area (Å²) in [6.07, 6.45) is 4.42. The van der Waals surface area contributed by atoms with Gasteiger partial charge in [0.2, 0.25) is 0 Å². The SMILES string of the molecule is CCCNc1cc(Nc2cnn(C)c2)cc([N+](=O)[O-])c1. The van der Waals surface area contributed by atoms with E-state index in [1.807, 2.05) is 20.0 Å². The molecule has 1 aromatic carbocycles. The van der Waals surface area contributed by atoms with Crippen LogP contribution in [0, 0.1) is 10.1 Å². The summed E-state index contributed by atoms with van der Waals surface area (Å²) in [6, 6.07) is 4.88. The summed E-state index contributed by atoms with van der Waals surface area (Å²) in [7, 11) is 1.81. The van der Waals surface area contributed by atoms with Crippen molar-refractivity contribution in [2.75, 3.05) is 17.2 Å². The van der Waals surface area contributed by atoms with E-state index in [0.29, 0.717) is 5.69 Å². The van der Waals surface area contributed by atoms with Gasteiger partial charge in [-0.2, -0.15) is 5.10 Å². The topological polar surface area (TPSA) is 85.0 Å². The van der Waals surface area contributed by atoms with Crippen LogP contribution in [0.15, 0.2) is 30.6 Å². The number of nitro groups is 1. The number of hydrogen-bond donors (Lipinski definition) is 2. The molecule has 1 heterocycles. The molecular formula is C13H17N5O2. The molecule has 1 aromatic heterocycles. The fourth-order valence-electron chi connectivity index (χ4n) is 1.81. The number of aryl methyl sites for hydroxylation is 1. The van der Waals surface area contributed by atoms with Gasteiger partial charge >= 0.3 is 0 Å². The second-order valence-electron chi connectivity index (χ2n) is 4.48. The van der Waals surface area contributed by atoms with Crippen LogP contribution in [-0.2, 0) is 7.05 Å². The third-order valence-corrected chi connectivity index (χ3v) is 2.70. The van der Waals surface area contributed by atoms with Crippen LogP contribution in [0.1, 0.15) is 13.3 Å². The van der Waals surface area contributed by atoms with E-state index in [1.165, 1.54) is 12.1 Å². The van der Waals surface area contributed by atoms with E-state index in [-0.39, 0.29) is 5.69 Å². The third-order valence-electron chi connectivity index (χ3n) is 2.70. The van der Waals surface area contributed by atoms with Gasteiger partial charge in [-0.25, -0.2) is 0 Å². The molecule has 2 aromatic rings. The number of nitro benzene ring substituents is 1. The lowest BCUT2D eigenvalue weighted by atomic mass is 10.2. The first-order valence-corrected chi connectivity index (χ1v) is 6.37. The average molecular weight is 275 g/mol. The first-order chi connectivity index (χ1) is 9.58. The van der Waals surface area contributed by atoms with Crippen molar-refractivity contribution >= 4 is 22.7 Å². The number of non-ortho nitro benzene ring substituents is 1. The van der Waals surface area contributed by atoms with Crippen molar-refractivity contribution in [3.05, 3.63) is 40.7 Å². The van der Waals surface area contributed by atoms with Crippen LogP contribution in [-0.4, -0.2) is 21.2 Å². The third kappa shape index (κ3) is 3.47. The molecule has 0 saturated carbocycles. The van der Waals surface area contributed by atoms with Gasteiger partial charge in [0.05, 0.1) is 16.8 Å². The molecule has 20 heavy (non-hydrogen) atoms. The van der Waals surface area contributed by atoms with Crippen molar-refractivity contribution in [2.24, 2.45) is 7.05 Å². The van der Waals surface area contributed by atoms with Crippen molar-refractivity contribution in [1.29, 1.82) is 0 Å². The standard InChI is InChI=1S/C13H17N5O2/c1-3-4-14-10-5-11(7-13(6-10)18(19)20)16-12-8-15-17(2)9-12/h5-9,14,16H,3-4H2,1-2H3. The largest absolute Gasteiger partial charge is 0.385 e. The van der Waals surface area contributed by atoms with Crippen LogP contribution in [0.2, 0.25) is 0 Å². The fourth-order valence-corrected chi connectivity index (χ4v) is 1.81. The Bertz CT molecular complexity index is 609. The Balaban J connectivity index is 2.26. The Morgan fingerprint density at radius 1 is 1.30 bits per heavy atom. The van der Waals surface area contributed by atoms with E-state index < -0.39 is 4.92 Å². The van der Waals surface area contributed by atoms with Crippen LogP contribution in [0.5, 0.6) is 0 Å². The Labute approximate surface area is 116 Å². The number of rotatable bonds is 6. The van der Waals surface area contributed by atoms with Crippen molar-refractivity contribution in [1.82, 2.24) is 9.78 Å². The molecule has 0 aliphatic rings. The summed E-state index contributed by atoms with van der Waals surface area (Å²) in [4.78, 5) is 10.6. The molecule has 0 amide bonds. The Morgan fingerprint density at radius 2 is 2.05 bits per heavy atom. The van der Waals surface area contributed by atoms with Gasteiger partial charge in [0, 0.05) is 43.3 Å². The van der Waals surface area contributed by atoms with E-state index in [9.17, 15) is 10.1 Å². The van der Waals surface area contributed by atoms with Crippen LogP contribution in [0.3, 0.4) is 0 Å². The van der Waals surface area contributed by atoms with Crippen LogP contribution in [0.25, 0.3) is 0 Å². The zero-order valence-corrected chi connectivity index (χ0v) is 11.5. The van der Waals surface area contributed by atoms with E-state index in [1.54, 1.807) is 17.1 Å². The molecule has 0 atom stereocenters. The van der Waals surface area contributed by atoms with Crippen LogP contribution < -0.4 is 10.6 Å². The van der Waals surface area contributed by atoms with E-state index in [4.69, 9.17) is 0 Å². The van der Waals surface area contributed by atoms with Crippen LogP contribution in [0.4, 0.5) is 22.7 Å². The summed E-state index contributed by atoms with van der Waals surface area (Å²) in [5.41, 5.74) is 2.23. The summed E-state index contributed by atoms with van der Waals surface area (Å²) < 4.78 is 1.66. The molecule has 106 valence electrons. The van der Waals surface area contributed by atoms with Crippen molar-refractivity contribution in [3.8, 4) is 0 Å². The van der Waals surface area contributed by atoms with Crippen molar-refractivity contribution < 1.29 is 4.92 Å². The van der Waals surface area contributed by atoms with Gasteiger partial charge in [0.25, 0.3) is 5.69 Å². The zero-order chi connectivity index (χ0) is 14.5. The predicted octanol–water partition coefficient (Wildman–Crippen LogP) is 2.89. The maximum Gasteiger partial charge on any atom is 0.273 e. The quantitative estimate of drug-likeness (QED) is 0.625. The smallest absolute Gasteiger partial charge is 0.273 e. The molecule has 2 N–H and O–H groups in total. The normalized spacial score (nSPS) is 10.3. The Hall–Kier alpha value is -2.57. The highest BCUT2D eigenvalue weighted by Gasteiger charge is 2.10. The van der Waals surface area contributed by atoms with Gasteiger partial charge in [0.15, 0.2) is 0 Å². The van der Waals surface area contributed by atoms with Crippen molar-refractivity contribution in [2.45, 2.75) is 13.3 Å². The summed E-state index contributed by atoms with van der Waals surface area (Å²) >= 11 is 0. The summed E-state index contributed by atoms with van der Waals surface area (Å²) in [6.45, 7) is 2.81. The Kier molecular flexibility index (Phi) is 4.19. The van der Waals surface area contributed by atoms with Gasteiger partial charge in [-0.05, 0) is 12.5 Å². The number of nitrogens with zero attached hydrogens (tertiary/aromatic N) is 3. The maximum absolute atomic E-state index is 11.0. The first-order valence-electron chi connectivity index (χ1n) is 6.37. The van der Waals surface area contributed by atoms with E-state index >= 15 is 0 Å². The molecule has 0 radical (unpaired) electrons. The van der Waals surface area contributed by atoms with Crippen LogP contribution >= 0.6 is 0 Å². The lowest BCUT2D eigenvalue weighted by molar-refractivity contribution is -0.384. The van der Waals surface area contributed by atoms with Gasteiger partial charge < -0.3 is 10.6 Å². The van der Waals surface area contributed by atoms with Gasteiger partial charge in [-0.15, -0.1) is 0 Å². The Morgan fingerprint density at radius 3 is 2.65 bits per heavy atom. The van der Waals surface area contributed by atoms with Gasteiger partial charge in [0.1, 0.15) is 0 Å². The lowest BCUT2D eigenvalue weighted by Gasteiger charge is -2.08. The molecule has 7 heteroatoms. The fraction of sp³-hybridized carbons (Fsp3) is 0.308. The monoisotopic (exact) mass is 275 g/mol. The summed E-state index contributed by atoms with van der Waals surface area (Å²) in [5.74, 6) is 0. The van der Waals surface area contributed by atoms with Gasteiger partial charge in [-0.3, -0.25) is 14.8 Å². The highest BCUT2D eigenvalue weighted by atomic mass is 16.6. The molecule has 0 aliphatic heterocycles. The number of benzene rings is 1. The van der Waals surface area contributed by atoms with E-state index in [2.05, 4.69) is 15.7 Å². The molecular weight excluding hydrogens is 258 g/mol. The number of nitrogens with one attached hydrogen (secondary N) is 2. The second kappa shape index (κ2) is 6.05. The zero-order valence-electron chi connectivity index (χ0n) is 11.5. The predicted molar refractivity (Wildman–Crippen MR) is 78.4 cm³/mol. The summed E-state index contributed by atoms with van der Waals surface area (Å²) in [5, 5.41) is 21.3. The average Bonchev–Trinajstić information content (AvgIpc) is 2.81. The lowest BCUT2D eigenvalue weighted by Crippen LogP contribution is -2.01. The number of aromatic nitrogens is 2. The molecule has 0 spiro atoms. The van der Waals surface area contributed by atoms with E-state index in [0.717, 1.165) is 24.3 Å². The number of hydrogen-bond acceptors (Lipinski definition) is 5. The first kappa shape index (κ1) is 13.9. The molecule has 0 bridgehead atoms. The minimum absolute atomic E-state index is 0.0532. The molecule has 0 aliphatic carbocycles. The molecule has 2 rings (SSSR count). The minimum atomic E-state index is -0.397. The molecule has 0 unspecified atom stereocenters. The second-order valence-corrected chi connectivity index (χ2v) is 4.48.